The van der Waals surface area contributed by atoms with E-state index in [4.69, 9.17) is 32.0 Å². The van der Waals surface area contributed by atoms with Crippen LogP contribution in [0.25, 0.3) is 22.0 Å². The van der Waals surface area contributed by atoms with Gasteiger partial charge in [-0.1, -0.05) is 72.3 Å². The normalized spacial score (nSPS) is 14.4. The number of aliphatic hydroxyl groups excluding tert-OH is 2. The van der Waals surface area contributed by atoms with Gasteiger partial charge in [-0.2, -0.15) is 0 Å². The molecule has 11 nitrogen and oxygen atoms in total. The number of carboxylic acids is 2. The third-order valence-electron chi connectivity index (χ3n) is 9.42. The third-order valence-corrected chi connectivity index (χ3v) is 10.8. The minimum atomic E-state index is -2.27. The lowest BCUT2D eigenvalue weighted by Gasteiger charge is -2.38. The number of carbonyl (C=O) groups is 3. The molecule has 1 aliphatic heterocycles. The van der Waals surface area contributed by atoms with Crippen molar-refractivity contribution in [1.29, 1.82) is 0 Å². The summed E-state index contributed by atoms with van der Waals surface area (Å²) in [6, 6.07) is 28.8. The standard InChI is InChI=1S/C37H34ClF2N3O2S.C4H6O6/c1-41-19-17-30(18-20-41)42(22-25-9-11-26(12-10-25)27-13-15-29(38)16-14-27)35(45)23-43-33-8-3-2-6-31(33)34(44)21-36(43)46-24-28-5-4-7-32(39)37(28)40;5-1(3(7)8)2(6)4(9)10/h2-16,21,30H,17-20,22-24H2,1H3;1-2,5-6H,(H,7,8)(H,9,10). The number of fused-ring (bicyclic) bond motifs is 1. The number of carboxylic acid groups (broad SMARTS) is 2. The molecular weight excluding hydrogens is 768 g/mol. The van der Waals surface area contributed by atoms with Gasteiger partial charge in [0.2, 0.25) is 5.91 Å². The zero-order valence-corrected chi connectivity index (χ0v) is 31.8. The van der Waals surface area contributed by atoms with Crippen LogP contribution < -0.4 is 5.43 Å². The number of rotatable bonds is 12. The van der Waals surface area contributed by atoms with Gasteiger partial charge in [-0.3, -0.25) is 9.59 Å². The number of amides is 1. The van der Waals surface area contributed by atoms with Crippen LogP contribution in [0.3, 0.4) is 0 Å². The molecule has 0 radical (unpaired) electrons. The zero-order valence-electron chi connectivity index (χ0n) is 30.2. The van der Waals surface area contributed by atoms with Crippen LogP contribution in [0.1, 0.15) is 24.0 Å². The molecule has 15 heteroatoms. The average Bonchev–Trinajstić information content (AvgIpc) is 3.19. The van der Waals surface area contributed by atoms with Crippen LogP contribution in [0, 0.1) is 11.6 Å². The molecule has 6 rings (SSSR count). The number of likely N-dealkylation sites (tertiary alicyclic amines) is 1. The number of aromatic nitrogens is 1. The van der Waals surface area contributed by atoms with E-state index in [1.54, 1.807) is 12.1 Å². The Labute approximate surface area is 330 Å². The van der Waals surface area contributed by atoms with E-state index < -0.39 is 35.8 Å². The predicted molar refractivity (Wildman–Crippen MR) is 209 cm³/mol. The highest BCUT2D eigenvalue weighted by Crippen LogP contribution is 2.29. The highest BCUT2D eigenvalue weighted by atomic mass is 35.5. The number of thioether (sulfide) groups is 1. The van der Waals surface area contributed by atoms with Crippen LogP contribution in [0.4, 0.5) is 8.78 Å². The summed E-state index contributed by atoms with van der Waals surface area (Å²) in [5.74, 6) is -5.32. The van der Waals surface area contributed by atoms with E-state index in [-0.39, 0.29) is 35.2 Å². The molecule has 2 unspecified atom stereocenters. The molecule has 2 atom stereocenters. The summed E-state index contributed by atoms with van der Waals surface area (Å²) < 4.78 is 30.3. The highest BCUT2D eigenvalue weighted by molar-refractivity contribution is 7.98. The number of carbonyl (C=O) groups excluding carboxylic acids is 1. The highest BCUT2D eigenvalue weighted by Gasteiger charge is 2.30. The van der Waals surface area contributed by atoms with Crippen LogP contribution >= 0.6 is 23.4 Å². The Morgan fingerprint density at radius 2 is 1.45 bits per heavy atom. The Bertz CT molecular complexity index is 2210. The van der Waals surface area contributed by atoms with Crippen molar-refractivity contribution in [2.45, 2.75) is 55.0 Å². The lowest BCUT2D eigenvalue weighted by molar-refractivity contribution is -0.165. The molecule has 56 heavy (non-hydrogen) atoms. The van der Waals surface area contributed by atoms with Crippen molar-refractivity contribution in [1.82, 2.24) is 14.4 Å². The minimum absolute atomic E-state index is 0.00393. The van der Waals surface area contributed by atoms with Gasteiger partial charge in [-0.25, -0.2) is 18.4 Å². The van der Waals surface area contributed by atoms with Crippen LogP contribution in [-0.4, -0.2) is 91.0 Å². The van der Waals surface area contributed by atoms with Crippen molar-refractivity contribution < 1.29 is 43.6 Å². The van der Waals surface area contributed by atoms with E-state index >= 15 is 0 Å². The van der Waals surface area contributed by atoms with Gasteiger partial charge in [0, 0.05) is 40.4 Å². The largest absolute Gasteiger partial charge is 0.479 e. The van der Waals surface area contributed by atoms with E-state index in [0.717, 1.165) is 48.7 Å². The maximum atomic E-state index is 14.5. The molecule has 1 saturated heterocycles. The fourth-order valence-electron chi connectivity index (χ4n) is 6.26. The minimum Gasteiger partial charge on any atom is -0.479 e. The smallest absolute Gasteiger partial charge is 0.335 e. The summed E-state index contributed by atoms with van der Waals surface area (Å²) in [5.41, 5.74) is 3.78. The third kappa shape index (κ3) is 10.6. The second-order valence-electron chi connectivity index (χ2n) is 13.3. The molecule has 0 aliphatic carbocycles. The maximum Gasteiger partial charge on any atom is 0.335 e. The lowest BCUT2D eigenvalue weighted by atomic mass is 10.0. The number of pyridine rings is 1. The lowest BCUT2D eigenvalue weighted by Crippen LogP contribution is -2.47. The Morgan fingerprint density at radius 1 is 0.857 bits per heavy atom. The first-order chi connectivity index (χ1) is 26.7. The number of aliphatic hydroxyl groups is 2. The van der Waals surface area contributed by atoms with Gasteiger partial charge in [0.1, 0.15) is 6.54 Å². The molecule has 0 saturated carbocycles. The van der Waals surface area contributed by atoms with E-state index in [1.807, 2.05) is 45.9 Å². The molecule has 1 amide bonds. The second kappa shape index (κ2) is 19.2. The summed E-state index contributed by atoms with van der Waals surface area (Å²) in [7, 11) is 2.09. The maximum absolute atomic E-state index is 14.5. The number of benzene rings is 4. The monoisotopic (exact) mass is 807 g/mol. The molecule has 1 aromatic heterocycles. The zero-order chi connectivity index (χ0) is 40.5. The number of nitrogens with zero attached hydrogens (tertiary/aromatic N) is 3. The number of halogens is 3. The molecule has 294 valence electrons. The molecule has 4 aromatic carbocycles. The summed E-state index contributed by atoms with van der Waals surface area (Å²) in [6.45, 7) is 2.24. The molecule has 2 heterocycles. The van der Waals surface area contributed by atoms with Crippen molar-refractivity contribution >= 4 is 52.1 Å². The van der Waals surface area contributed by atoms with Crippen LogP contribution in [0.15, 0.2) is 107 Å². The summed E-state index contributed by atoms with van der Waals surface area (Å²) in [6.07, 6.45) is -2.82. The number of para-hydroxylation sites is 1. The summed E-state index contributed by atoms with van der Waals surface area (Å²) in [5, 5.41) is 34.2. The fraction of sp³-hybridized carbons (Fsp3) is 0.268. The molecule has 1 aliphatic rings. The molecule has 5 aromatic rings. The molecule has 0 bridgehead atoms. The Morgan fingerprint density at radius 3 is 2.05 bits per heavy atom. The Balaban J connectivity index is 0.000000530. The van der Waals surface area contributed by atoms with Gasteiger partial charge >= 0.3 is 11.9 Å². The van der Waals surface area contributed by atoms with Crippen molar-refractivity contribution in [2.75, 3.05) is 20.1 Å². The Kier molecular flexibility index (Phi) is 14.4. The Hall–Kier alpha value is -5.12. The van der Waals surface area contributed by atoms with Gasteiger partial charge in [-0.15, -0.1) is 11.8 Å². The summed E-state index contributed by atoms with van der Waals surface area (Å²) >= 11 is 7.29. The van der Waals surface area contributed by atoms with Gasteiger partial charge < -0.3 is 34.8 Å². The van der Waals surface area contributed by atoms with Gasteiger partial charge in [0.25, 0.3) is 0 Å². The number of aliphatic carboxylic acids is 2. The van der Waals surface area contributed by atoms with Crippen molar-refractivity contribution in [2.24, 2.45) is 0 Å². The second-order valence-corrected chi connectivity index (χ2v) is 14.7. The van der Waals surface area contributed by atoms with E-state index in [1.165, 1.54) is 30.0 Å². The first kappa shape index (κ1) is 42.0. The number of hydrogen-bond donors (Lipinski definition) is 4. The van der Waals surface area contributed by atoms with E-state index in [2.05, 4.69) is 36.2 Å². The molecule has 4 N–H and O–H groups in total. The molecule has 1 fully saturated rings. The van der Waals surface area contributed by atoms with Gasteiger partial charge in [0.15, 0.2) is 29.3 Å². The molecular formula is C41H40ClF2N3O8S. The van der Waals surface area contributed by atoms with Crippen LogP contribution in [-0.2, 0) is 33.2 Å². The topological polar surface area (TPSA) is 161 Å². The van der Waals surface area contributed by atoms with Gasteiger partial charge in [0.05, 0.1) is 10.5 Å². The SMILES string of the molecule is CN1CCC(N(Cc2ccc(-c3ccc(Cl)cc3)cc2)C(=O)Cn2c(SCc3cccc(F)c3F)cc(=O)c3ccccc32)CC1.O=C(O)C(O)C(O)C(=O)O. The fourth-order valence-corrected chi connectivity index (χ4v) is 7.43. The number of piperidine rings is 1. The predicted octanol–water partition coefficient (Wildman–Crippen LogP) is 5.89. The first-order valence-corrected chi connectivity index (χ1v) is 18.9. The molecule has 0 spiro atoms. The van der Waals surface area contributed by atoms with Crippen molar-refractivity contribution in [3.63, 3.8) is 0 Å². The van der Waals surface area contributed by atoms with Crippen molar-refractivity contribution in [3.05, 3.63) is 135 Å². The van der Waals surface area contributed by atoms with Crippen LogP contribution in [0.5, 0.6) is 0 Å². The number of hydrogen-bond acceptors (Lipinski definition) is 8. The van der Waals surface area contributed by atoms with Crippen LogP contribution in [0.2, 0.25) is 5.02 Å². The quantitative estimate of drug-likeness (QED) is 0.112. The average molecular weight is 808 g/mol. The van der Waals surface area contributed by atoms with Crippen molar-refractivity contribution in [3.8, 4) is 11.1 Å². The first-order valence-electron chi connectivity index (χ1n) is 17.6. The van der Waals surface area contributed by atoms with E-state index in [0.29, 0.717) is 27.5 Å². The van der Waals surface area contributed by atoms with Gasteiger partial charge in [-0.05, 0) is 80.0 Å². The summed E-state index contributed by atoms with van der Waals surface area (Å²) in [4.78, 5) is 51.2. The van der Waals surface area contributed by atoms with E-state index in [9.17, 15) is 28.0 Å².